The van der Waals surface area contributed by atoms with E-state index in [4.69, 9.17) is 9.47 Å². The van der Waals surface area contributed by atoms with Gasteiger partial charge in [0.25, 0.3) is 0 Å². The van der Waals surface area contributed by atoms with Crippen LogP contribution in [0, 0.1) is 22.0 Å². The SMILES string of the molecule is CCOC(=O)C[C@H](C[N+](=O)[O-])[C@@H](NC(=O)OC(C)(C)C)C(C)CC. The number of hydrogen-bond donors (Lipinski definition) is 1. The maximum absolute atomic E-state index is 12.1. The van der Waals surface area contributed by atoms with Gasteiger partial charge in [-0.05, 0) is 33.6 Å². The normalized spacial score (nSPS) is 15.1. The van der Waals surface area contributed by atoms with E-state index in [9.17, 15) is 19.7 Å². The molecule has 140 valence electrons. The molecular weight excluding hydrogens is 316 g/mol. The van der Waals surface area contributed by atoms with E-state index in [2.05, 4.69) is 5.32 Å². The van der Waals surface area contributed by atoms with Gasteiger partial charge in [-0.25, -0.2) is 4.79 Å². The van der Waals surface area contributed by atoms with Crippen LogP contribution in [0.3, 0.4) is 0 Å². The summed E-state index contributed by atoms with van der Waals surface area (Å²) in [5, 5.41) is 13.7. The van der Waals surface area contributed by atoms with Crippen LogP contribution in [0.1, 0.15) is 54.4 Å². The summed E-state index contributed by atoms with van der Waals surface area (Å²) >= 11 is 0. The number of rotatable bonds is 9. The highest BCUT2D eigenvalue weighted by atomic mass is 16.6. The van der Waals surface area contributed by atoms with Gasteiger partial charge in [0.15, 0.2) is 0 Å². The zero-order valence-electron chi connectivity index (χ0n) is 15.5. The molecule has 0 rings (SSSR count). The number of hydrogen-bond acceptors (Lipinski definition) is 6. The highest BCUT2D eigenvalue weighted by Crippen LogP contribution is 2.21. The molecule has 0 radical (unpaired) electrons. The number of carbonyl (C=O) groups is 2. The first kappa shape index (κ1) is 22.1. The lowest BCUT2D eigenvalue weighted by molar-refractivity contribution is -0.489. The summed E-state index contributed by atoms with van der Waals surface area (Å²) < 4.78 is 10.1. The summed E-state index contributed by atoms with van der Waals surface area (Å²) in [5.41, 5.74) is -0.677. The zero-order chi connectivity index (χ0) is 18.9. The second kappa shape index (κ2) is 10.1. The van der Waals surface area contributed by atoms with Crippen molar-refractivity contribution in [1.29, 1.82) is 0 Å². The van der Waals surface area contributed by atoms with Crippen molar-refractivity contribution in [3.63, 3.8) is 0 Å². The maximum Gasteiger partial charge on any atom is 0.407 e. The van der Waals surface area contributed by atoms with Crippen LogP contribution in [0.4, 0.5) is 4.79 Å². The van der Waals surface area contributed by atoms with Gasteiger partial charge in [-0.3, -0.25) is 14.9 Å². The van der Waals surface area contributed by atoms with Crippen molar-refractivity contribution in [2.75, 3.05) is 13.2 Å². The van der Waals surface area contributed by atoms with Crippen molar-refractivity contribution in [2.24, 2.45) is 11.8 Å². The molecule has 8 nitrogen and oxygen atoms in total. The van der Waals surface area contributed by atoms with E-state index < -0.39 is 41.1 Å². The minimum absolute atomic E-state index is 0.0584. The van der Waals surface area contributed by atoms with Gasteiger partial charge in [-0.2, -0.15) is 0 Å². The van der Waals surface area contributed by atoms with Crippen LogP contribution in [0.2, 0.25) is 0 Å². The third-order valence-corrected chi connectivity index (χ3v) is 3.57. The molecule has 0 spiro atoms. The van der Waals surface area contributed by atoms with Gasteiger partial charge in [-0.15, -0.1) is 0 Å². The molecule has 0 aliphatic rings. The Hall–Kier alpha value is -1.86. The number of nitrogens with zero attached hydrogens (tertiary/aromatic N) is 1. The van der Waals surface area contributed by atoms with Crippen molar-refractivity contribution >= 4 is 12.1 Å². The molecule has 1 amide bonds. The average molecular weight is 346 g/mol. The molecule has 3 atom stereocenters. The number of esters is 1. The van der Waals surface area contributed by atoms with Gasteiger partial charge in [0.05, 0.1) is 18.9 Å². The average Bonchev–Trinajstić information content (AvgIpc) is 2.41. The Morgan fingerprint density at radius 3 is 2.25 bits per heavy atom. The summed E-state index contributed by atoms with van der Waals surface area (Å²) in [5.74, 6) is -1.23. The Morgan fingerprint density at radius 1 is 1.25 bits per heavy atom. The molecule has 24 heavy (non-hydrogen) atoms. The minimum Gasteiger partial charge on any atom is -0.466 e. The highest BCUT2D eigenvalue weighted by molar-refractivity contribution is 5.70. The van der Waals surface area contributed by atoms with Crippen LogP contribution in [-0.2, 0) is 14.3 Å². The summed E-state index contributed by atoms with van der Waals surface area (Å²) in [6.45, 7) is 10.4. The van der Waals surface area contributed by atoms with Gasteiger partial charge in [-0.1, -0.05) is 20.3 Å². The first-order valence-electron chi connectivity index (χ1n) is 8.27. The van der Waals surface area contributed by atoms with Crippen molar-refractivity contribution < 1.29 is 24.0 Å². The van der Waals surface area contributed by atoms with E-state index >= 15 is 0 Å². The molecule has 0 aromatic rings. The smallest absolute Gasteiger partial charge is 0.407 e. The van der Waals surface area contributed by atoms with E-state index in [1.807, 2.05) is 13.8 Å². The third-order valence-electron chi connectivity index (χ3n) is 3.57. The molecule has 0 aliphatic heterocycles. The van der Waals surface area contributed by atoms with Crippen LogP contribution in [0.5, 0.6) is 0 Å². The van der Waals surface area contributed by atoms with E-state index in [1.165, 1.54) is 0 Å². The fourth-order valence-corrected chi connectivity index (χ4v) is 2.35. The molecule has 0 aromatic heterocycles. The van der Waals surface area contributed by atoms with Crippen molar-refractivity contribution in [3.05, 3.63) is 10.1 Å². The Bertz CT molecular complexity index is 433. The number of alkyl carbamates (subject to hydrolysis) is 1. The van der Waals surface area contributed by atoms with Gasteiger partial charge in [0.1, 0.15) is 5.60 Å². The molecule has 0 saturated carbocycles. The largest absolute Gasteiger partial charge is 0.466 e. The van der Waals surface area contributed by atoms with Crippen molar-refractivity contribution in [3.8, 4) is 0 Å². The topological polar surface area (TPSA) is 108 Å². The Labute approximate surface area is 143 Å². The third kappa shape index (κ3) is 9.32. The highest BCUT2D eigenvalue weighted by Gasteiger charge is 2.34. The van der Waals surface area contributed by atoms with Gasteiger partial charge in [0.2, 0.25) is 6.54 Å². The van der Waals surface area contributed by atoms with Crippen LogP contribution in [0.15, 0.2) is 0 Å². The number of carbonyl (C=O) groups excluding carboxylic acids is 2. The van der Waals surface area contributed by atoms with Crippen LogP contribution >= 0.6 is 0 Å². The van der Waals surface area contributed by atoms with Crippen LogP contribution < -0.4 is 5.32 Å². The second-order valence-electron chi connectivity index (χ2n) is 6.84. The summed E-state index contributed by atoms with van der Waals surface area (Å²) in [4.78, 5) is 34.4. The zero-order valence-corrected chi connectivity index (χ0v) is 15.5. The number of ether oxygens (including phenoxy) is 2. The lowest BCUT2D eigenvalue weighted by Gasteiger charge is -2.31. The molecular formula is C16H30N2O6. The molecule has 0 heterocycles. The summed E-state index contributed by atoms with van der Waals surface area (Å²) in [7, 11) is 0. The van der Waals surface area contributed by atoms with E-state index in [0.717, 1.165) is 0 Å². The van der Waals surface area contributed by atoms with Crippen molar-refractivity contribution in [1.82, 2.24) is 5.32 Å². The van der Waals surface area contributed by atoms with E-state index in [-0.39, 0.29) is 18.9 Å². The lowest BCUT2D eigenvalue weighted by atomic mass is 9.85. The van der Waals surface area contributed by atoms with Gasteiger partial charge < -0.3 is 14.8 Å². The monoisotopic (exact) mass is 346 g/mol. The number of nitro groups is 1. The molecule has 1 N–H and O–H groups in total. The molecule has 1 unspecified atom stereocenters. The predicted molar refractivity (Wildman–Crippen MR) is 89.2 cm³/mol. The number of nitrogens with one attached hydrogen (secondary N) is 1. The Balaban J connectivity index is 5.24. The summed E-state index contributed by atoms with van der Waals surface area (Å²) in [6.07, 6.45) is -0.0815. The second-order valence-corrected chi connectivity index (χ2v) is 6.84. The fraction of sp³-hybridized carbons (Fsp3) is 0.875. The van der Waals surface area contributed by atoms with Crippen LogP contribution in [-0.4, -0.2) is 41.8 Å². The molecule has 0 saturated heterocycles. The molecule has 0 bridgehead atoms. The van der Waals surface area contributed by atoms with E-state index in [0.29, 0.717) is 6.42 Å². The Kier molecular flexibility index (Phi) is 9.32. The fourth-order valence-electron chi connectivity index (χ4n) is 2.35. The first-order valence-corrected chi connectivity index (χ1v) is 8.27. The van der Waals surface area contributed by atoms with Gasteiger partial charge in [0, 0.05) is 11.0 Å². The van der Waals surface area contributed by atoms with E-state index in [1.54, 1.807) is 27.7 Å². The summed E-state index contributed by atoms with van der Waals surface area (Å²) in [6, 6.07) is -0.556. The Morgan fingerprint density at radius 2 is 1.83 bits per heavy atom. The molecule has 0 aliphatic carbocycles. The van der Waals surface area contributed by atoms with Gasteiger partial charge >= 0.3 is 12.1 Å². The first-order chi connectivity index (χ1) is 11.0. The molecule has 0 aromatic carbocycles. The minimum atomic E-state index is -0.677. The molecule has 8 heteroatoms. The standard InChI is InChI=1S/C16H30N2O6/c1-7-11(3)14(17-15(20)24-16(4,5)6)12(10-18(21)22)9-13(19)23-8-2/h11-12,14H,7-10H2,1-6H3,(H,17,20)/t11?,12-,14+/m1/s1. The molecule has 0 fully saturated rings. The predicted octanol–water partition coefficient (Wildman–Crippen LogP) is 2.77. The lowest BCUT2D eigenvalue weighted by Crippen LogP contribution is -2.49. The quantitative estimate of drug-likeness (QED) is 0.391. The number of amides is 1. The maximum atomic E-state index is 12.1. The van der Waals surface area contributed by atoms with Crippen LogP contribution in [0.25, 0.3) is 0 Å². The van der Waals surface area contributed by atoms with Crippen molar-refractivity contribution in [2.45, 2.75) is 66.0 Å².